The number of nitrogens with zero attached hydrogens (tertiary/aromatic N) is 2. The highest BCUT2D eigenvalue weighted by atomic mass is 32.1. The van der Waals surface area contributed by atoms with E-state index < -0.39 is 11.7 Å². The second-order valence-electron chi connectivity index (χ2n) is 6.86. The average molecular weight is 444 g/mol. The molecule has 6 nitrogen and oxygen atoms in total. The van der Waals surface area contributed by atoms with Crippen molar-refractivity contribution in [1.29, 1.82) is 10.5 Å². The van der Waals surface area contributed by atoms with Crippen LogP contribution >= 0.6 is 12.2 Å². The van der Waals surface area contributed by atoms with E-state index in [-0.39, 0.29) is 22.9 Å². The molecule has 8 heteroatoms. The number of nitrogens with one attached hydrogen (secondary N) is 3. The highest BCUT2D eigenvalue weighted by Gasteiger charge is 2.14. The molecule has 0 fully saturated rings. The number of thiocarbonyl (C=S) groups is 1. The molecule has 3 rings (SSSR count). The monoisotopic (exact) mass is 443 g/mol. The molecule has 0 radical (unpaired) electrons. The fourth-order valence-electron chi connectivity index (χ4n) is 2.95. The second-order valence-corrected chi connectivity index (χ2v) is 7.27. The summed E-state index contributed by atoms with van der Waals surface area (Å²) in [4.78, 5) is 12.3. The van der Waals surface area contributed by atoms with Crippen LogP contribution in [0.4, 0.5) is 15.8 Å². The molecule has 0 aliphatic heterocycles. The Balaban J connectivity index is 1.67. The lowest BCUT2D eigenvalue weighted by molar-refractivity contribution is 0.102. The highest BCUT2D eigenvalue weighted by molar-refractivity contribution is 7.80. The van der Waals surface area contributed by atoms with E-state index in [1.165, 1.54) is 24.3 Å². The maximum Gasteiger partial charge on any atom is 0.258 e. The van der Waals surface area contributed by atoms with Crippen LogP contribution in [0.3, 0.4) is 0 Å². The number of halogens is 1. The molecule has 0 bridgehead atoms. The van der Waals surface area contributed by atoms with Crippen LogP contribution in [0.2, 0.25) is 0 Å². The van der Waals surface area contributed by atoms with Crippen LogP contribution in [0.5, 0.6) is 0 Å². The molecule has 158 valence electrons. The van der Waals surface area contributed by atoms with Crippen molar-refractivity contribution >= 4 is 34.6 Å². The van der Waals surface area contributed by atoms with E-state index in [9.17, 15) is 14.4 Å². The Labute approximate surface area is 190 Å². The van der Waals surface area contributed by atoms with Gasteiger partial charge in [-0.2, -0.15) is 10.5 Å². The standard InChI is InChI=1S/C24H18FN5OS/c1-15(17-8-6-16(13-26)7-9-17)28-24(32)29-19-10-11-22(18(12-19)14-27)30-23(31)20-4-2-3-5-21(20)25/h2-12,15H,1H3,(H,30,31)(H2,28,29,32). The molecule has 32 heavy (non-hydrogen) atoms. The van der Waals surface area contributed by atoms with E-state index in [1.807, 2.05) is 25.1 Å². The molecule has 0 aliphatic carbocycles. The molecule has 0 heterocycles. The number of nitriles is 2. The largest absolute Gasteiger partial charge is 0.356 e. The zero-order chi connectivity index (χ0) is 23.1. The van der Waals surface area contributed by atoms with Crippen LogP contribution in [0.25, 0.3) is 0 Å². The van der Waals surface area contributed by atoms with Crippen molar-refractivity contribution in [3.8, 4) is 12.1 Å². The number of amides is 1. The van der Waals surface area contributed by atoms with Gasteiger partial charge in [0.05, 0.1) is 34.5 Å². The van der Waals surface area contributed by atoms with Gasteiger partial charge in [-0.05, 0) is 67.2 Å². The molecule has 3 aromatic rings. The Morgan fingerprint density at radius 3 is 2.38 bits per heavy atom. The molecule has 3 aromatic carbocycles. The lowest BCUT2D eigenvalue weighted by Gasteiger charge is -2.18. The van der Waals surface area contributed by atoms with Gasteiger partial charge >= 0.3 is 0 Å². The third kappa shape index (κ3) is 5.45. The molecular weight excluding hydrogens is 425 g/mol. The number of benzene rings is 3. The zero-order valence-electron chi connectivity index (χ0n) is 17.0. The minimum absolute atomic E-state index is 0.110. The maximum absolute atomic E-state index is 13.8. The van der Waals surface area contributed by atoms with Gasteiger partial charge in [0.25, 0.3) is 5.91 Å². The summed E-state index contributed by atoms with van der Waals surface area (Å²) in [6.45, 7) is 1.93. The number of carbonyl (C=O) groups excluding carboxylic acids is 1. The van der Waals surface area contributed by atoms with Gasteiger partial charge in [-0.25, -0.2) is 4.39 Å². The lowest BCUT2D eigenvalue weighted by atomic mass is 10.1. The summed E-state index contributed by atoms with van der Waals surface area (Å²) in [6.07, 6.45) is 0. The van der Waals surface area contributed by atoms with Gasteiger partial charge in [0.1, 0.15) is 11.9 Å². The smallest absolute Gasteiger partial charge is 0.258 e. The van der Waals surface area contributed by atoms with Crippen molar-refractivity contribution in [2.75, 3.05) is 10.6 Å². The summed E-state index contributed by atoms with van der Waals surface area (Å²) in [5.41, 5.74) is 2.43. The Morgan fingerprint density at radius 1 is 1.00 bits per heavy atom. The summed E-state index contributed by atoms with van der Waals surface area (Å²) in [5, 5.41) is 27.4. The summed E-state index contributed by atoms with van der Waals surface area (Å²) >= 11 is 5.35. The molecule has 1 unspecified atom stereocenters. The summed E-state index contributed by atoms with van der Waals surface area (Å²) in [5.74, 6) is -1.29. The second kappa shape index (κ2) is 10.2. The van der Waals surface area contributed by atoms with Crippen molar-refractivity contribution in [2.24, 2.45) is 0 Å². The lowest BCUT2D eigenvalue weighted by Crippen LogP contribution is -2.30. The van der Waals surface area contributed by atoms with Crippen LogP contribution in [-0.2, 0) is 0 Å². The fraction of sp³-hybridized carbons (Fsp3) is 0.0833. The van der Waals surface area contributed by atoms with Crippen LogP contribution < -0.4 is 16.0 Å². The average Bonchev–Trinajstić information content (AvgIpc) is 2.80. The van der Waals surface area contributed by atoms with E-state index in [1.54, 1.807) is 30.3 Å². The van der Waals surface area contributed by atoms with Crippen LogP contribution in [0.1, 0.15) is 40.0 Å². The third-order valence-electron chi connectivity index (χ3n) is 4.65. The number of carbonyl (C=O) groups is 1. The van der Waals surface area contributed by atoms with E-state index in [2.05, 4.69) is 22.0 Å². The van der Waals surface area contributed by atoms with Gasteiger partial charge in [0, 0.05) is 5.69 Å². The van der Waals surface area contributed by atoms with E-state index in [0.29, 0.717) is 16.4 Å². The third-order valence-corrected chi connectivity index (χ3v) is 4.87. The quantitative estimate of drug-likeness (QED) is 0.487. The normalized spacial score (nSPS) is 10.9. The number of hydrogen-bond acceptors (Lipinski definition) is 4. The first kappa shape index (κ1) is 22.4. The zero-order valence-corrected chi connectivity index (χ0v) is 17.8. The van der Waals surface area contributed by atoms with Gasteiger partial charge in [0.15, 0.2) is 5.11 Å². The summed E-state index contributed by atoms with van der Waals surface area (Å²) in [7, 11) is 0. The molecule has 0 aromatic heterocycles. The SMILES string of the molecule is CC(NC(=S)Nc1ccc(NC(=O)c2ccccc2F)c(C#N)c1)c1ccc(C#N)cc1. The van der Waals surface area contributed by atoms with Gasteiger partial charge in [0.2, 0.25) is 0 Å². The van der Waals surface area contributed by atoms with Crippen molar-refractivity contribution in [1.82, 2.24) is 5.32 Å². The molecular formula is C24H18FN5OS. The Kier molecular flexibility index (Phi) is 7.12. The van der Waals surface area contributed by atoms with Crippen molar-refractivity contribution in [3.63, 3.8) is 0 Å². The Hall–Kier alpha value is -4.27. The molecule has 0 aliphatic rings. The van der Waals surface area contributed by atoms with Crippen molar-refractivity contribution < 1.29 is 9.18 Å². The van der Waals surface area contributed by atoms with E-state index in [4.69, 9.17) is 17.5 Å². The highest BCUT2D eigenvalue weighted by Crippen LogP contribution is 2.22. The number of hydrogen-bond donors (Lipinski definition) is 3. The fourth-order valence-corrected chi connectivity index (χ4v) is 3.25. The number of rotatable bonds is 5. The molecule has 1 atom stereocenters. The molecule has 0 saturated carbocycles. The van der Waals surface area contributed by atoms with Gasteiger partial charge in [-0.15, -0.1) is 0 Å². The summed E-state index contributed by atoms with van der Waals surface area (Å²) in [6, 6.07) is 21.5. The molecule has 0 spiro atoms. The van der Waals surface area contributed by atoms with Crippen LogP contribution in [-0.4, -0.2) is 11.0 Å². The minimum Gasteiger partial charge on any atom is -0.356 e. The molecule has 0 saturated heterocycles. The van der Waals surface area contributed by atoms with Crippen LogP contribution in [0, 0.1) is 28.5 Å². The van der Waals surface area contributed by atoms with E-state index in [0.717, 1.165) is 5.56 Å². The molecule has 3 N–H and O–H groups in total. The maximum atomic E-state index is 13.8. The molecule has 1 amide bonds. The first-order valence-corrected chi connectivity index (χ1v) is 9.99. The van der Waals surface area contributed by atoms with Crippen molar-refractivity contribution in [3.05, 3.63) is 94.8 Å². The van der Waals surface area contributed by atoms with E-state index >= 15 is 0 Å². The Bertz CT molecular complexity index is 1240. The topological polar surface area (TPSA) is 101 Å². The van der Waals surface area contributed by atoms with Gasteiger partial charge in [-0.1, -0.05) is 24.3 Å². The van der Waals surface area contributed by atoms with Crippen molar-refractivity contribution in [2.45, 2.75) is 13.0 Å². The van der Waals surface area contributed by atoms with Crippen LogP contribution in [0.15, 0.2) is 66.7 Å². The number of anilines is 2. The minimum atomic E-state index is -0.645. The van der Waals surface area contributed by atoms with Gasteiger partial charge < -0.3 is 16.0 Å². The van der Waals surface area contributed by atoms with Gasteiger partial charge in [-0.3, -0.25) is 4.79 Å². The Morgan fingerprint density at radius 2 is 1.72 bits per heavy atom. The first-order valence-electron chi connectivity index (χ1n) is 9.59. The first-order chi connectivity index (χ1) is 15.4. The summed E-state index contributed by atoms with van der Waals surface area (Å²) < 4.78 is 13.8. The predicted octanol–water partition coefficient (Wildman–Crippen LogP) is 4.87. The predicted molar refractivity (Wildman–Crippen MR) is 124 cm³/mol.